The smallest absolute Gasteiger partial charge is 0.328 e. The van der Waals surface area contributed by atoms with Crippen LogP contribution in [0.4, 0.5) is 0 Å². The molecule has 2 rings (SSSR count). The number of carbonyl (C=O) groups is 1. The zero-order chi connectivity index (χ0) is 13.0. The number of hydrogen-bond acceptors (Lipinski definition) is 2. The van der Waals surface area contributed by atoms with Gasteiger partial charge < -0.3 is 5.11 Å². The van der Waals surface area contributed by atoms with Gasteiger partial charge in [-0.3, -0.25) is 0 Å². The maximum atomic E-state index is 10.5. The number of carboxylic acid groups (broad SMARTS) is 1. The third-order valence-corrected chi connectivity index (χ3v) is 2.49. The normalized spacial score (nSPS) is 12.2. The summed E-state index contributed by atoms with van der Waals surface area (Å²) in [5, 5.41) is 9.69. The summed E-state index contributed by atoms with van der Waals surface area (Å²) in [4.78, 5) is 14.9. The monoisotopic (exact) mass is 239 g/mol. The summed E-state index contributed by atoms with van der Waals surface area (Å²) >= 11 is 0. The number of aliphatic carboxylic acids is 1. The van der Waals surface area contributed by atoms with Gasteiger partial charge in [0.1, 0.15) is 0 Å². The Kier molecular flexibility index (Phi) is 3.53. The first-order chi connectivity index (χ1) is 8.65. The number of carboxylic acids is 1. The number of aromatic nitrogens is 1. The van der Waals surface area contributed by atoms with Crippen LogP contribution in [0.15, 0.2) is 54.1 Å². The molecule has 18 heavy (non-hydrogen) atoms. The standard InChI is InChI=1S/C15H13NO2/c1-11(10-15(17)18)6-8-13-9-7-12-4-2-3-5-14(12)16-13/h2-10H,1H3,(H,17,18)/b8-6+,11-10+. The minimum absolute atomic E-state index is 0.678. The molecule has 0 aliphatic rings. The van der Waals surface area contributed by atoms with E-state index in [2.05, 4.69) is 4.98 Å². The molecule has 0 saturated heterocycles. The summed E-state index contributed by atoms with van der Waals surface area (Å²) in [5.74, 6) is -0.941. The Morgan fingerprint density at radius 2 is 2.00 bits per heavy atom. The summed E-state index contributed by atoms with van der Waals surface area (Å²) in [6.45, 7) is 1.74. The first-order valence-corrected chi connectivity index (χ1v) is 5.60. The molecule has 1 aromatic carbocycles. The SMILES string of the molecule is CC(/C=C/c1ccc2ccccc2n1)=C\C(=O)O. The first kappa shape index (κ1) is 12.0. The van der Waals surface area contributed by atoms with Gasteiger partial charge in [0.15, 0.2) is 0 Å². The van der Waals surface area contributed by atoms with Crippen LogP contribution in [0.5, 0.6) is 0 Å². The van der Waals surface area contributed by atoms with Gasteiger partial charge in [-0.2, -0.15) is 0 Å². The van der Waals surface area contributed by atoms with E-state index >= 15 is 0 Å². The number of fused-ring (bicyclic) bond motifs is 1. The maximum Gasteiger partial charge on any atom is 0.328 e. The quantitative estimate of drug-likeness (QED) is 0.660. The van der Waals surface area contributed by atoms with E-state index in [-0.39, 0.29) is 0 Å². The van der Waals surface area contributed by atoms with Crippen LogP contribution < -0.4 is 0 Å². The van der Waals surface area contributed by atoms with Gasteiger partial charge in [0, 0.05) is 11.5 Å². The van der Waals surface area contributed by atoms with Crippen LogP contribution in [0.2, 0.25) is 0 Å². The summed E-state index contributed by atoms with van der Waals surface area (Å²) < 4.78 is 0. The fourth-order valence-corrected chi connectivity index (χ4v) is 1.63. The molecule has 0 bridgehead atoms. The molecule has 0 spiro atoms. The van der Waals surface area contributed by atoms with Gasteiger partial charge in [-0.1, -0.05) is 30.3 Å². The van der Waals surface area contributed by atoms with Crippen molar-refractivity contribution in [3.63, 3.8) is 0 Å². The molecular formula is C15H13NO2. The number of benzene rings is 1. The van der Waals surface area contributed by atoms with Crippen LogP contribution in [-0.2, 0) is 4.79 Å². The minimum atomic E-state index is -0.941. The van der Waals surface area contributed by atoms with Crippen molar-refractivity contribution in [1.29, 1.82) is 0 Å². The van der Waals surface area contributed by atoms with Gasteiger partial charge >= 0.3 is 5.97 Å². The Bertz CT molecular complexity index is 642. The van der Waals surface area contributed by atoms with Crippen LogP contribution in [0, 0.1) is 0 Å². The van der Waals surface area contributed by atoms with Gasteiger partial charge in [-0.25, -0.2) is 9.78 Å². The number of para-hydroxylation sites is 1. The van der Waals surface area contributed by atoms with E-state index in [0.717, 1.165) is 22.7 Å². The highest BCUT2D eigenvalue weighted by molar-refractivity contribution is 5.82. The Balaban J connectivity index is 2.27. The van der Waals surface area contributed by atoms with Crippen molar-refractivity contribution in [3.05, 3.63) is 59.8 Å². The van der Waals surface area contributed by atoms with Crippen LogP contribution >= 0.6 is 0 Å². The molecule has 2 aromatic rings. The van der Waals surface area contributed by atoms with Gasteiger partial charge in [0.2, 0.25) is 0 Å². The molecule has 0 unspecified atom stereocenters. The highest BCUT2D eigenvalue weighted by atomic mass is 16.4. The Labute approximate surface area is 105 Å². The van der Waals surface area contributed by atoms with Crippen molar-refractivity contribution in [2.45, 2.75) is 6.92 Å². The van der Waals surface area contributed by atoms with Crippen molar-refractivity contribution in [2.24, 2.45) is 0 Å². The van der Waals surface area contributed by atoms with Crippen molar-refractivity contribution in [1.82, 2.24) is 4.98 Å². The average molecular weight is 239 g/mol. The van der Waals surface area contributed by atoms with Crippen LogP contribution in [0.1, 0.15) is 12.6 Å². The third kappa shape index (κ3) is 3.04. The second kappa shape index (κ2) is 5.27. The Morgan fingerprint density at radius 1 is 1.22 bits per heavy atom. The molecule has 0 aliphatic heterocycles. The van der Waals surface area contributed by atoms with E-state index in [9.17, 15) is 4.79 Å². The topological polar surface area (TPSA) is 50.2 Å². The predicted molar refractivity (Wildman–Crippen MR) is 72.2 cm³/mol. The lowest BCUT2D eigenvalue weighted by Crippen LogP contribution is -1.88. The lowest BCUT2D eigenvalue weighted by molar-refractivity contribution is -0.131. The van der Waals surface area contributed by atoms with Crippen molar-refractivity contribution in [2.75, 3.05) is 0 Å². The van der Waals surface area contributed by atoms with E-state index in [4.69, 9.17) is 5.11 Å². The minimum Gasteiger partial charge on any atom is -0.478 e. The predicted octanol–water partition coefficient (Wildman–Crippen LogP) is 3.28. The molecule has 1 N–H and O–H groups in total. The molecule has 3 heteroatoms. The molecule has 0 fully saturated rings. The van der Waals surface area contributed by atoms with Crippen molar-refractivity contribution >= 4 is 22.9 Å². The van der Waals surface area contributed by atoms with Gasteiger partial charge in [-0.05, 0) is 30.7 Å². The number of hydrogen-bond donors (Lipinski definition) is 1. The Morgan fingerprint density at radius 3 is 2.78 bits per heavy atom. The molecule has 0 atom stereocenters. The zero-order valence-corrected chi connectivity index (χ0v) is 10.00. The lowest BCUT2D eigenvalue weighted by atomic mass is 10.2. The van der Waals surface area contributed by atoms with Gasteiger partial charge in [-0.15, -0.1) is 0 Å². The molecule has 0 radical (unpaired) electrons. The zero-order valence-electron chi connectivity index (χ0n) is 10.00. The highest BCUT2D eigenvalue weighted by Crippen LogP contribution is 2.13. The summed E-state index contributed by atoms with van der Waals surface area (Å²) in [6, 6.07) is 11.8. The van der Waals surface area contributed by atoms with E-state index in [1.54, 1.807) is 19.1 Å². The molecular weight excluding hydrogens is 226 g/mol. The third-order valence-electron chi connectivity index (χ3n) is 2.49. The van der Waals surface area contributed by atoms with Crippen LogP contribution in [0.25, 0.3) is 17.0 Å². The maximum absolute atomic E-state index is 10.5. The van der Waals surface area contributed by atoms with E-state index in [1.807, 2.05) is 36.4 Å². The highest BCUT2D eigenvalue weighted by Gasteiger charge is 1.95. The van der Waals surface area contributed by atoms with Crippen molar-refractivity contribution in [3.8, 4) is 0 Å². The molecule has 0 aliphatic carbocycles. The van der Waals surface area contributed by atoms with Crippen LogP contribution in [-0.4, -0.2) is 16.1 Å². The largest absolute Gasteiger partial charge is 0.478 e. The first-order valence-electron chi connectivity index (χ1n) is 5.60. The molecule has 1 aromatic heterocycles. The summed E-state index contributed by atoms with van der Waals surface area (Å²) in [7, 11) is 0. The second-order valence-electron chi connectivity index (χ2n) is 3.99. The summed E-state index contributed by atoms with van der Waals surface area (Å²) in [5.41, 5.74) is 2.42. The van der Waals surface area contributed by atoms with Gasteiger partial charge in [0.05, 0.1) is 11.2 Å². The number of rotatable bonds is 3. The van der Waals surface area contributed by atoms with E-state index in [1.165, 1.54) is 0 Å². The average Bonchev–Trinajstić information content (AvgIpc) is 2.35. The van der Waals surface area contributed by atoms with E-state index in [0.29, 0.717) is 5.57 Å². The lowest BCUT2D eigenvalue weighted by Gasteiger charge is -1.98. The molecule has 90 valence electrons. The molecule has 3 nitrogen and oxygen atoms in total. The fourth-order valence-electron chi connectivity index (χ4n) is 1.63. The van der Waals surface area contributed by atoms with Crippen LogP contribution in [0.3, 0.4) is 0 Å². The molecule has 0 amide bonds. The fraction of sp³-hybridized carbons (Fsp3) is 0.0667. The number of allylic oxidation sites excluding steroid dienone is 2. The van der Waals surface area contributed by atoms with Gasteiger partial charge in [0.25, 0.3) is 0 Å². The number of nitrogens with zero attached hydrogens (tertiary/aromatic N) is 1. The number of pyridine rings is 1. The second-order valence-corrected chi connectivity index (χ2v) is 3.99. The Hall–Kier alpha value is -2.42. The van der Waals surface area contributed by atoms with E-state index < -0.39 is 5.97 Å². The molecule has 0 saturated carbocycles. The van der Waals surface area contributed by atoms with Crippen molar-refractivity contribution < 1.29 is 9.90 Å². The molecule has 1 heterocycles. The summed E-state index contributed by atoms with van der Waals surface area (Å²) in [6.07, 6.45) is 4.71.